The molecule has 6 nitrogen and oxygen atoms in total. The molecule has 122 valence electrons. The van der Waals surface area contributed by atoms with Gasteiger partial charge in [-0.25, -0.2) is 0 Å². The van der Waals surface area contributed by atoms with Crippen LogP contribution in [0.2, 0.25) is 0 Å². The van der Waals surface area contributed by atoms with Crippen LogP contribution in [0.15, 0.2) is 36.0 Å². The molecule has 1 fully saturated rings. The maximum absolute atomic E-state index is 12.3. The lowest BCUT2D eigenvalue weighted by atomic mass is 10.2. The van der Waals surface area contributed by atoms with Crippen molar-refractivity contribution in [3.63, 3.8) is 0 Å². The fourth-order valence-electron chi connectivity index (χ4n) is 2.38. The quantitative estimate of drug-likeness (QED) is 0.648. The summed E-state index contributed by atoms with van der Waals surface area (Å²) in [5.74, 6) is 0.570. The van der Waals surface area contributed by atoms with E-state index < -0.39 is 0 Å². The molecule has 1 aromatic rings. The lowest BCUT2D eigenvalue weighted by molar-refractivity contribution is -0.128. The number of piperazine rings is 1. The van der Waals surface area contributed by atoms with Crippen molar-refractivity contribution in [3.8, 4) is 11.8 Å². The summed E-state index contributed by atoms with van der Waals surface area (Å²) in [6, 6.07) is 9.63. The molecule has 1 saturated heterocycles. The molecular weight excluding hydrogens is 292 g/mol. The first kappa shape index (κ1) is 16.8. The van der Waals surface area contributed by atoms with Gasteiger partial charge in [0.25, 0.3) is 5.91 Å². The Kier molecular flexibility index (Phi) is 6.01. The van der Waals surface area contributed by atoms with E-state index in [2.05, 4.69) is 10.2 Å². The molecule has 0 aliphatic carbocycles. The highest BCUT2D eigenvalue weighted by Gasteiger charge is 2.21. The maximum atomic E-state index is 12.3. The lowest BCUT2D eigenvalue weighted by Crippen LogP contribution is -2.47. The predicted octanol–water partition coefficient (Wildman–Crippen LogP) is 0.966. The Balaban J connectivity index is 1.93. The molecule has 23 heavy (non-hydrogen) atoms. The van der Waals surface area contributed by atoms with Gasteiger partial charge >= 0.3 is 0 Å². The van der Waals surface area contributed by atoms with Gasteiger partial charge in [-0.1, -0.05) is 12.1 Å². The summed E-state index contributed by atoms with van der Waals surface area (Å²) in [7, 11) is 3.65. The number of amides is 1. The monoisotopic (exact) mass is 314 g/mol. The Morgan fingerprint density at radius 3 is 2.78 bits per heavy atom. The summed E-state index contributed by atoms with van der Waals surface area (Å²) in [6.45, 7) is 3.51. The standard InChI is InChI=1S/C17H22N4O2/c1-20-6-8-21(9-7-20)17(22)15(11-18)13-19-12-14-4-3-5-16(10-14)23-2/h3-5,10,13,19H,6-9,12H2,1-2H3/b15-13-. The third kappa shape index (κ3) is 4.73. The largest absolute Gasteiger partial charge is 0.497 e. The summed E-state index contributed by atoms with van der Waals surface area (Å²) in [5, 5.41) is 12.3. The smallest absolute Gasteiger partial charge is 0.266 e. The first-order chi connectivity index (χ1) is 11.1. The molecule has 0 unspecified atom stereocenters. The summed E-state index contributed by atoms with van der Waals surface area (Å²) in [4.78, 5) is 16.2. The van der Waals surface area contributed by atoms with E-state index in [0.29, 0.717) is 19.6 Å². The Morgan fingerprint density at radius 1 is 1.39 bits per heavy atom. The van der Waals surface area contributed by atoms with Gasteiger partial charge in [0.2, 0.25) is 0 Å². The Labute approximate surface area is 136 Å². The van der Waals surface area contributed by atoms with Crippen LogP contribution < -0.4 is 10.1 Å². The number of likely N-dealkylation sites (N-methyl/N-ethyl adjacent to an activating group) is 1. The molecule has 0 atom stereocenters. The van der Waals surface area contributed by atoms with Gasteiger partial charge in [0.15, 0.2) is 0 Å². The number of rotatable bonds is 5. The molecule has 0 bridgehead atoms. The van der Waals surface area contributed by atoms with E-state index in [-0.39, 0.29) is 11.5 Å². The highest BCUT2D eigenvalue weighted by molar-refractivity contribution is 5.97. The number of nitrogens with one attached hydrogen (secondary N) is 1. The molecule has 1 aliphatic rings. The van der Waals surface area contributed by atoms with Gasteiger partial charge in [-0.2, -0.15) is 5.26 Å². The maximum Gasteiger partial charge on any atom is 0.266 e. The zero-order chi connectivity index (χ0) is 16.7. The molecule has 0 aromatic heterocycles. The van der Waals surface area contributed by atoms with E-state index >= 15 is 0 Å². The van der Waals surface area contributed by atoms with Gasteiger partial charge in [-0.3, -0.25) is 4.79 Å². The van der Waals surface area contributed by atoms with E-state index in [0.717, 1.165) is 24.4 Å². The summed E-state index contributed by atoms with van der Waals surface area (Å²) in [5.41, 5.74) is 1.15. The van der Waals surface area contributed by atoms with Crippen LogP contribution in [0.3, 0.4) is 0 Å². The van der Waals surface area contributed by atoms with Gasteiger partial charge in [-0.05, 0) is 24.7 Å². The van der Waals surface area contributed by atoms with Crippen molar-refractivity contribution in [2.24, 2.45) is 0 Å². The van der Waals surface area contributed by atoms with Crippen molar-refractivity contribution in [1.82, 2.24) is 15.1 Å². The third-order valence-corrected chi connectivity index (χ3v) is 3.83. The molecule has 1 heterocycles. The summed E-state index contributed by atoms with van der Waals surface area (Å²) < 4.78 is 5.17. The predicted molar refractivity (Wildman–Crippen MR) is 87.6 cm³/mol. The number of methoxy groups -OCH3 is 1. The molecule has 1 aromatic carbocycles. The minimum absolute atomic E-state index is 0.137. The second-order valence-electron chi connectivity index (χ2n) is 5.50. The Morgan fingerprint density at radius 2 is 2.13 bits per heavy atom. The van der Waals surface area contributed by atoms with Crippen molar-refractivity contribution in [2.75, 3.05) is 40.3 Å². The number of hydrogen-bond acceptors (Lipinski definition) is 5. The SMILES string of the molecule is COc1cccc(CN/C=C(/C#N)C(=O)N2CCN(C)CC2)c1. The molecule has 0 spiro atoms. The van der Waals surface area contributed by atoms with Crippen LogP contribution in [0.25, 0.3) is 0 Å². The lowest BCUT2D eigenvalue weighted by Gasteiger charge is -2.32. The average Bonchev–Trinajstić information content (AvgIpc) is 2.59. The minimum Gasteiger partial charge on any atom is -0.497 e. The average molecular weight is 314 g/mol. The fraction of sp³-hybridized carbons (Fsp3) is 0.412. The number of ether oxygens (including phenoxy) is 1. The van der Waals surface area contributed by atoms with Crippen molar-refractivity contribution < 1.29 is 9.53 Å². The van der Waals surface area contributed by atoms with E-state index in [9.17, 15) is 10.1 Å². The normalized spacial score (nSPS) is 15.9. The van der Waals surface area contributed by atoms with Crippen molar-refractivity contribution in [2.45, 2.75) is 6.54 Å². The molecule has 1 aliphatic heterocycles. The van der Waals surface area contributed by atoms with Gasteiger partial charge in [-0.15, -0.1) is 0 Å². The van der Waals surface area contributed by atoms with E-state index in [1.54, 1.807) is 12.0 Å². The molecule has 2 rings (SSSR count). The van der Waals surface area contributed by atoms with Gasteiger partial charge in [0, 0.05) is 38.9 Å². The molecule has 1 N–H and O–H groups in total. The molecule has 0 saturated carbocycles. The zero-order valence-corrected chi connectivity index (χ0v) is 13.6. The van der Waals surface area contributed by atoms with Gasteiger partial charge < -0.3 is 19.9 Å². The number of hydrogen-bond donors (Lipinski definition) is 1. The third-order valence-electron chi connectivity index (χ3n) is 3.83. The summed E-state index contributed by atoms with van der Waals surface area (Å²) >= 11 is 0. The first-order valence-corrected chi connectivity index (χ1v) is 7.58. The minimum atomic E-state index is -0.209. The fourth-order valence-corrected chi connectivity index (χ4v) is 2.38. The van der Waals surface area contributed by atoms with Crippen LogP contribution in [0.4, 0.5) is 0 Å². The Bertz CT molecular complexity index is 613. The number of nitriles is 1. The van der Waals surface area contributed by atoms with E-state index in [1.165, 1.54) is 6.20 Å². The topological polar surface area (TPSA) is 68.6 Å². The highest BCUT2D eigenvalue weighted by Crippen LogP contribution is 2.12. The van der Waals surface area contributed by atoms with Crippen LogP contribution in [0.1, 0.15) is 5.56 Å². The number of benzene rings is 1. The molecule has 6 heteroatoms. The Hall–Kier alpha value is -2.52. The second-order valence-corrected chi connectivity index (χ2v) is 5.50. The first-order valence-electron chi connectivity index (χ1n) is 7.58. The molecular formula is C17H22N4O2. The molecule has 0 radical (unpaired) electrons. The number of nitrogens with zero attached hydrogens (tertiary/aromatic N) is 3. The van der Waals surface area contributed by atoms with Gasteiger partial charge in [0.05, 0.1) is 7.11 Å². The van der Waals surface area contributed by atoms with Crippen molar-refractivity contribution in [1.29, 1.82) is 5.26 Å². The number of carbonyl (C=O) groups is 1. The van der Waals surface area contributed by atoms with Crippen LogP contribution in [-0.2, 0) is 11.3 Å². The van der Waals surface area contributed by atoms with Crippen LogP contribution in [0, 0.1) is 11.3 Å². The van der Waals surface area contributed by atoms with Crippen molar-refractivity contribution in [3.05, 3.63) is 41.6 Å². The second kappa shape index (κ2) is 8.20. The molecule has 1 amide bonds. The zero-order valence-electron chi connectivity index (χ0n) is 13.6. The number of carbonyl (C=O) groups excluding carboxylic acids is 1. The van der Waals surface area contributed by atoms with Crippen LogP contribution in [-0.4, -0.2) is 56.0 Å². The summed E-state index contributed by atoms with van der Waals surface area (Å²) in [6.07, 6.45) is 1.50. The van der Waals surface area contributed by atoms with Crippen LogP contribution in [0.5, 0.6) is 5.75 Å². The van der Waals surface area contributed by atoms with Crippen molar-refractivity contribution >= 4 is 5.91 Å². The van der Waals surface area contributed by atoms with E-state index in [4.69, 9.17) is 4.74 Å². The van der Waals surface area contributed by atoms with Gasteiger partial charge in [0.1, 0.15) is 17.4 Å². The van der Waals surface area contributed by atoms with E-state index in [1.807, 2.05) is 37.4 Å². The van der Waals surface area contributed by atoms with Crippen LogP contribution >= 0.6 is 0 Å². The highest BCUT2D eigenvalue weighted by atomic mass is 16.5.